The number of nitrogens with one attached hydrogen (secondary N) is 1. The maximum atomic E-state index is 13.9. The molecule has 0 aliphatic carbocycles. The molecule has 0 atom stereocenters. The van der Waals surface area contributed by atoms with Crippen LogP contribution in [-0.4, -0.2) is 45.6 Å². The summed E-state index contributed by atoms with van der Waals surface area (Å²) in [5.41, 5.74) is 1.06. The Morgan fingerprint density at radius 3 is 2.71 bits per heavy atom. The third-order valence-corrected chi connectivity index (χ3v) is 5.70. The fourth-order valence-corrected chi connectivity index (χ4v) is 3.98. The third kappa shape index (κ3) is 5.76. The summed E-state index contributed by atoms with van der Waals surface area (Å²) in [7, 11) is 1.38. The predicted molar refractivity (Wildman–Crippen MR) is 128 cm³/mol. The van der Waals surface area contributed by atoms with Gasteiger partial charge in [-0.05, 0) is 59.3 Å². The lowest BCUT2D eigenvalue weighted by molar-refractivity contribution is -0.127. The van der Waals surface area contributed by atoms with Crippen LogP contribution in [0, 0.1) is 5.82 Å². The molecule has 0 unspecified atom stereocenters. The van der Waals surface area contributed by atoms with E-state index in [0.717, 1.165) is 11.1 Å². The van der Waals surface area contributed by atoms with Crippen LogP contribution in [0.25, 0.3) is 6.08 Å². The van der Waals surface area contributed by atoms with Crippen LogP contribution in [0.15, 0.2) is 59.6 Å². The summed E-state index contributed by atoms with van der Waals surface area (Å²) >= 11 is 6.40. The van der Waals surface area contributed by atoms with Gasteiger partial charge in [-0.15, -0.1) is 0 Å². The molecular weight excluding hydrogens is 499 g/mol. The molecule has 35 heavy (non-hydrogen) atoms. The molecule has 4 rings (SSSR count). The Morgan fingerprint density at radius 1 is 1.20 bits per heavy atom. The minimum atomic E-state index is -0.814. The number of thioether (sulfide) groups is 1. The van der Waals surface area contributed by atoms with Crippen molar-refractivity contribution in [1.82, 2.24) is 14.9 Å². The zero-order valence-electron chi connectivity index (χ0n) is 18.0. The number of imide groups is 1. The van der Waals surface area contributed by atoms with Gasteiger partial charge in [0.25, 0.3) is 17.0 Å². The van der Waals surface area contributed by atoms with Gasteiger partial charge >= 0.3 is 0 Å². The normalized spacial score (nSPS) is 14.4. The highest BCUT2D eigenvalue weighted by Gasteiger charge is 2.36. The average molecular weight is 515 g/mol. The van der Waals surface area contributed by atoms with Crippen molar-refractivity contribution in [3.8, 4) is 17.4 Å². The van der Waals surface area contributed by atoms with Crippen molar-refractivity contribution in [1.29, 1.82) is 0 Å². The molecule has 3 aromatic rings. The lowest BCUT2D eigenvalue weighted by atomic mass is 10.2. The van der Waals surface area contributed by atoms with Gasteiger partial charge in [0.2, 0.25) is 17.0 Å². The number of carbonyl (C=O) groups excluding carboxylic acids is 3. The van der Waals surface area contributed by atoms with Crippen LogP contribution in [-0.2, 0) is 9.59 Å². The molecule has 0 saturated carbocycles. The van der Waals surface area contributed by atoms with Crippen molar-refractivity contribution >= 4 is 52.2 Å². The van der Waals surface area contributed by atoms with Crippen molar-refractivity contribution in [3.63, 3.8) is 0 Å². The van der Waals surface area contributed by atoms with Crippen molar-refractivity contribution in [3.05, 3.63) is 76.3 Å². The highest BCUT2D eigenvalue weighted by molar-refractivity contribution is 8.18. The van der Waals surface area contributed by atoms with Gasteiger partial charge in [-0.1, -0.05) is 24.3 Å². The topological polar surface area (TPSA) is 111 Å². The summed E-state index contributed by atoms with van der Waals surface area (Å²) in [6.45, 7) is -0.417. The predicted octanol–water partition coefficient (Wildman–Crippen LogP) is 4.75. The molecular formula is C23H16ClFN4O5S. The first kappa shape index (κ1) is 24.2. The fraction of sp³-hybridized carbons (Fsp3) is 0.0870. The second-order valence-electron chi connectivity index (χ2n) is 6.99. The van der Waals surface area contributed by atoms with E-state index in [1.807, 2.05) is 0 Å². The van der Waals surface area contributed by atoms with E-state index in [4.69, 9.17) is 21.1 Å². The Hall–Kier alpha value is -3.96. The average Bonchev–Trinajstić information content (AvgIpc) is 3.10. The van der Waals surface area contributed by atoms with Crippen LogP contribution in [0.4, 0.5) is 14.9 Å². The highest BCUT2D eigenvalue weighted by atomic mass is 35.5. The Morgan fingerprint density at radius 2 is 1.97 bits per heavy atom. The number of aromatic nitrogens is 2. The zero-order chi connectivity index (χ0) is 24.9. The third-order valence-electron chi connectivity index (χ3n) is 4.61. The van der Waals surface area contributed by atoms with Crippen LogP contribution in [0.1, 0.15) is 5.56 Å². The van der Waals surface area contributed by atoms with E-state index in [-0.39, 0.29) is 27.6 Å². The van der Waals surface area contributed by atoms with Gasteiger partial charge in [-0.2, -0.15) is 9.37 Å². The Balaban J connectivity index is 1.49. The molecule has 1 N–H and O–H groups in total. The summed E-state index contributed by atoms with van der Waals surface area (Å²) in [6, 6.07) is 13.3. The number of nitrogens with zero attached hydrogens (tertiary/aromatic N) is 3. The van der Waals surface area contributed by atoms with Gasteiger partial charge in [0, 0.05) is 5.69 Å². The number of ether oxygens (including phenoxy) is 2. The van der Waals surface area contributed by atoms with E-state index in [2.05, 4.69) is 15.3 Å². The Labute approximate surface area is 207 Å². The summed E-state index contributed by atoms with van der Waals surface area (Å²) in [5.74, 6) is -1.94. The van der Waals surface area contributed by atoms with Crippen LogP contribution < -0.4 is 14.8 Å². The van der Waals surface area contributed by atoms with E-state index in [1.54, 1.807) is 36.4 Å². The lowest BCUT2D eigenvalue weighted by Gasteiger charge is -2.12. The first-order chi connectivity index (χ1) is 16.8. The van der Waals surface area contributed by atoms with Gasteiger partial charge in [-0.3, -0.25) is 19.3 Å². The van der Waals surface area contributed by atoms with Crippen molar-refractivity contribution < 1.29 is 28.2 Å². The maximum Gasteiger partial charge on any atom is 0.294 e. The standard InChI is InChI=1S/C23H16ClFN4O5S/c1-33-17-9-13(7-8-16(17)34-20-15(25)11-26-22(24)28-20)10-18-21(31)29(23(32)35-18)12-19(30)27-14-5-3-2-4-6-14/h2-11H,12H2,1H3,(H,27,30)/b18-10-. The number of rotatable bonds is 7. The Kier molecular flexibility index (Phi) is 7.28. The van der Waals surface area contributed by atoms with Crippen LogP contribution in [0.2, 0.25) is 5.28 Å². The summed E-state index contributed by atoms with van der Waals surface area (Å²) in [4.78, 5) is 45.6. The minimum absolute atomic E-state index is 0.131. The number of hydrogen-bond acceptors (Lipinski definition) is 8. The molecule has 12 heteroatoms. The second kappa shape index (κ2) is 10.5. The number of methoxy groups -OCH3 is 1. The fourth-order valence-electron chi connectivity index (χ4n) is 3.02. The van der Waals surface area contributed by atoms with Gasteiger partial charge < -0.3 is 14.8 Å². The summed E-state index contributed by atoms with van der Waals surface area (Å²) < 4.78 is 24.7. The molecule has 1 aliphatic rings. The molecule has 2 aromatic carbocycles. The van der Waals surface area contributed by atoms with Gasteiger partial charge in [0.15, 0.2) is 11.5 Å². The number of carbonyl (C=O) groups is 3. The van der Waals surface area contributed by atoms with E-state index >= 15 is 0 Å². The Bertz CT molecular complexity index is 1340. The molecule has 2 heterocycles. The molecule has 1 saturated heterocycles. The van der Waals surface area contributed by atoms with E-state index in [0.29, 0.717) is 23.0 Å². The molecule has 0 bridgehead atoms. The molecule has 1 aliphatic heterocycles. The number of amides is 3. The van der Waals surface area contributed by atoms with Crippen molar-refractivity contribution in [2.45, 2.75) is 0 Å². The van der Waals surface area contributed by atoms with Gasteiger partial charge in [-0.25, -0.2) is 4.98 Å². The molecule has 178 valence electrons. The van der Waals surface area contributed by atoms with Crippen LogP contribution in [0.3, 0.4) is 0 Å². The SMILES string of the molecule is COc1cc(/C=C2\SC(=O)N(CC(=O)Nc3ccccc3)C2=O)ccc1Oc1nc(Cl)ncc1F. The molecule has 1 fully saturated rings. The van der Waals surface area contributed by atoms with Crippen molar-refractivity contribution in [2.75, 3.05) is 19.0 Å². The zero-order valence-corrected chi connectivity index (χ0v) is 19.6. The molecule has 3 amide bonds. The largest absolute Gasteiger partial charge is 0.493 e. The molecule has 0 radical (unpaired) electrons. The maximum absolute atomic E-state index is 13.9. The number of anilines is 1. The first-order valence-electron chi connectivity index (χ1n) is 9.98. The number of hydrogen-bond donors (Lipinski definition) is 1. The van der Waals surface area contributed by atoms with Crippen LogP contribution in [0.5, 0.6) is 17.4 Å². The summed E-state index contributed by atoms with van der Waals surface area (Å²) in [6.07, 6.45) is 2.36. The van der Waals surface area contributed by atoms with Crippen LogP contribution >= 0.6 is 23.4 Å². The van der Waals surface area contributed by atoms with E-state index in [1.165, 1.54) is 25.3 Å². The first-order valence-corrected chi connectivity index (χ1v) is 11.2. The summed E-state index contributed by atoms with van der Waals surface area (Å²) in [5, 5.41) is 1.88. The number of benzene rings is 2. The molecule has 9 nitrogen and oxygen atoms in total. The monoisotopic (exact) mass is 514 g/mol. The molecule has 0 spiro atoms. The van der Waals surface area contributed by atoms with Gasteiger partial charge in [0.1, 0.15) is 6.54 Å². The number of halogens is 2. The van der Waals surface area contributed by atoms with Crippen molar-refractivity contribution in [2.24, 2.45) is 0 Å². The van der Waals surface area contributed by atoms with E-state index < -0.39 is 29.4 Å². The quantitative estimate of drug-likeness (QED) is 0.355. The smallest absolute Gasteiger partial charge is 0.294 e. The second-order valence-corrected chi connectivity index (χ2v) is 8.32. The molecule has 1 aromatic heterocycles. The van der Waals surface area contributed by atoms with Gasteiger partial charge in [0.05, 0.1) is 18.2 Å². The number of para-hydroxylation sites is 1. The highest BCUT2D eigenvalue weighted by Crippen LogP contribution is 2.36. The lowest BCUT2D eigenvalue weighted by Crippen LogP contribution is -2.36. The van der Waals surface area contributed by atoms with E-state index in [9.17, 15) is 18.8 Å². The minimum Gasteiger partial charge on any atom is -0.493 e.